The van der Waals surface area contributed by atoms with E-state index in [1.165, 1.54) is 26.2 Å². The molecule has 0 atom stereocenters. The number of nitrogens with zero attached hydrogens (tertiary/aromatic N) is 1. The van der Waals surface area contributed by atoms with Crippen molar-refractivity contribution >= 4 is 37.5 Å². The Bertz CT molecular complexity index is 893. The van der Waals surface area contributed by atoms with Crippen LogP contribution in [0.5, 0.6) is 0 Å². The van der Waals surface area contributed by atoms with Gasteiger partial charge < -0.3 is 5.32 Å². The van der Waals surface area contributed by atoms with E-state index in [-0.39, 0.29) is 10.8 Å². The molecule has 0 bridgehead atoms. The van der Waals surface area contributed by atoms with E-state index in [0.717, 1.165) is 14.3 Å². The van der Waals surface area contributed by atoms with Crippen LogP contribution >= 0.6 is 15.9 Å². The molecule has 5 nitrogen and oxygen atoms in total. The van der Waals surface area contributed by atoms with Gasteiger partial charge >= 0.3 is 0 Å². The zero-order valence-electron chi connectivity index (χ0n) is 13.9. The average molecular weight is 411 g/mol. The van der Waals surface area contributed by atoms with Gasteiger partial charge in [0.05, 0.1) is 10.6 Å². The summed E-state index contributed by atoms with van der Waals surface area (Å²) in [6, 6.07) is 10.1. The van der Waals surface area contributed by atoms with Crippen LogP contribution in [0, 0.1) is 13.8 Å². The third-order valence-electron chi connectivity index (χ3n) is 3.61. The number of carbonyl (C=O) groups excluding carboxylic acids is 1. The zero-order chi connectivity index (χ0) is 18.1. The molecule has 0 fully saturated rings. The summed E-state index contributed by atoms with van der Waals surface area (Å²) in [6.07, 6.45) is 0. The molecule has 0 spiro atoms. The molecule has 2 rings (SSSR count). The van der Waals surface area contributed by atoms with E-state index in [4.69, 9.17) is 0 Å². The highest BCUT2D eigenvalue weighted by Gasteiger charge is 2.20. The third-order valence-corrected chi connectivity index (χ3v) is 6.07. The molecule has 0 aliphatic carbocycles. The van der Waals surface area contributed by atoms with Crippen LogP contribution in [0.4, 0.5) is 5.69 Å². The van der Waals surface area contributed by atoms with Crippen molar-refractivity contribution in [2.75, 3.05) is 19.4 Å². The predicted molar refractivity (Wildman–Crippen MR) is 98.9 cm³/mol. The standard InChI is InChI=1S/C17H19BrN2O3S/c1-11-5-8-16(15(18)9-11)19-17(21)14-10-13(7-6-12(14)2)24(22,23)20(3)4/h5-10H,1-4H3,(H,19,21). The molecule has 128 valence electrons. The Balaban J connectivity index is 2.39. The lowest BCUT2D eigenvalue weighted by Gasteiger charge is -2.14. The van der Waals surface area contributed by atoms with Crippen LogP contribution < -0.4 is 5.32 Å². The van der Waals surface area contributed by atoms with Gasteiger partial charge in [-0.2, -0.15) is 0 Å². The molecule has 0 aliphatic rings. The van der Waals surface area contributed by atoms with Gasteiger partial charge in [-0.15, -0.1) is 0 Å². The van der Waals surface area contributed by atoms with Gasteiger partial charge in [0.15, 0.2) is 0 Å². The van der Waals surface area contributed by atoms with E-state index in [0.29, 0.717) is 16.8 Å². The lowest BCUT2D eigenvalue weighted by Crippen LogP contribution is -2.23. The Kier molecular flexibility index (Phi) is 5.47. The van der Waals surface area contributed by atoms with E-state index in [2.05, 4.69) is 21.2 Å². The number of halogens is 1. The minimum atomic E-state index is -3.59. The summed E-state index contributed by atoms with van der Waals surface area (Å²) >= 11 is 3.41. The number of hydrogen-bond acceptors (Lipinski definition) is 3. The van der Waals surface area contributed by atoms with Gasteiger partial charge in [-0.1, -0.05) is 12.1 Å². The molecule has 0 radical (unpaired) electrons. The SMILES string of the molecule is Cc1ccc(NC(=O)c2cc(S(=O)(=O)N(C)C)ccc2C)c(Br)c1. The monoisotopic (exact) mass is 410 g/mol. The first-order valence-corrected chi connectivity index (χ1v) is 9.47. The summed E-state index contributed by atoms with van der Waals surface area (Å²) in [6.45, 7) is 3.72. The number of anilines is 1. The fourth-order valence-corrected chi connectivity index (χ4v) is 3.65. The van der Waals surface area contributed by atoms with Gasteiger partial charge in [-0.05, 0) is 65.2 Å². The maximum absolute atomic E-state index is 12.6. The molecule has 1 amide bonds. The van der Waals surface area contributed by atoms with Gasteiger partial charge in [-0.3, -0.25) is 4.79 Å². The van der Waals surface area contributed by atoms with Crippen LogP contribution in [0.15, 0.2) is 45.8 Å². The molecular weight excluding hydrogens is 392 g/mol. The molecule has 24 heavy (non-hydrogen) atoms. The van der Waals surface area contributed by atoms with E-state index < -0.39 is 10.0 Å². The third kappa shape index (κ3) is 3.85. The fraction of sp³-hybridized carbons (Fsp3) is 0.235. The maximum atomic E-state index is 12.6. The van der Waals surface area contributed by atoms with Crippen molar-refractivity contribution in [2.45, 2.75) is 18.7 Å². The Hall–Kier alpha value is -1.70. The van der Waals surface area contributed by atoms with Crippen LogP contribution in [0.3, 0.4) is 0 Å². The molecule has 2 aromatic carbocycles. The minimum Gasteiger partial charge on any atom is -0.321 e. The normalized spacial score (nSPS) is 11.6. The van der Waals surface area contributed by atoms with Gasteiger partial charge in [0.1, 0.15) is 0 Å². The Morgan fingerprint density at radius 1 is 1.08 bits per heavy atom. The van der Waals surface area contributed by atoms with Crippen molar-refractivity contribution in [1.29, 1.82) is 0 Å². The minimum absolute atomic E-state index is 0.0891. The quantitative estimate of drug-likeness (QED) is 0.837. The topological polar surface area (TPSA) is 66.5 Å². The summed E-state index contributed by atoms with van der Waals surface area (Å²) in [5.41, 5.74) is 2.72. The highest BCUT2D eigenvalue weighted by atomic mass is 79.9. The Morgan fingerprint density at radius 2 is 1.75 bits per heavy atom. The lowest BCUT2D eigenvalue weighted by atomic mass is 10.1. The first kappa shape index (κ1) is 18.6. The highest BCUT2D eigenvalue weighted by Crippen LogP contribution is 2.25. The number of carbonyl (C=O) groups is 1. The van der Waals surface area contributed by atoms with Crippen molar-refractivity contribution in [2.24, 2.45) is 0 Å². The van der Waals surface area contributed by atoms with Gasteiger partial charge in [0.2, 0.25) is 10.0 Å². The van der Waals surface area contributed by atoms with Crippen molar-refractivity contribution in [3.63, 3.8) is 0 Å². The molecule has 0 saturated heterocycles. The summed E-state index contributed by atoms with van der Waals surface area (Å²) in [5.74, 6) is -0.354. The molecular formula is C17H19BrN2O3S. The molecule has 0 aliphatic heterocycles. The van der Waals surface area contributed by atoms with Crippen LogP contribution in [0.1, 0.15) is 21.5 Å². The first-order valence-electron chi connectivity index (χ1n) is 7.23. The van der Waals surface area contributed by atoms with Crippen molar-refractivity contribution in [1.82, 2.24) is 4.31 Å². The Labute approximate surface area is 150 Å². The molecule has 2 aromatic rings. The summed E-state index contributed by atoms with van der Waals surface area (Å²) in [7, 11) is -0.679. The van der Waals surface area contributed by atoms with Crippen molar-refractivity contribution < 1.29 is 13.2 Å². The van der Waals surface area contributed by atoms with E-state index in [1.54, 1.807) is 19.1 Å². The average Bonchev–Trinajstić information content (AvgIpc) is 2.50. The van der Waals surface area contributed by atoms with Crippen LogP contribution in [-0.4, -0.2) is 32.7 Å². The van der Waals surface area contributed by atoms with Crippen LogP contribution in [0.2, 0.25) is 0 Å². The number of sulfonamides is 1. The molecule has 7 heteroatoms. The van der Waals surface area contributed by atoms with E-state index >= 15 is 0 Å². The fourth-order valence-electron chi connectivity index (χ4n) is 2.13. The smallest absolute Gasteiger partial charge is 0.256 e. The Morgan fingerprint density at radius 3 is 2.33 bits per heavy atom. The number of benzene rings is 2. The highest BCUT2D eigenvalue weighted by molar-refractivity contribution is 9.10. The molecule has 0 aromatic heterocycles. The second-order valence-electron chi connectivity index (χ2n) is 5.70. The number of nitrogens with one attached hydrogen (secondary N) is 1. The largest absolute Gasteiger partial charge is 0.321 e. The lowest BCUT2D eigenvalue weighted by molar-refractivity contribution is 0.102. The first-order chi connectivity index (χ1) is 11.1. The number of aryl methyl sites for hydroxylation is 2. The van der Waals surface area contributed by atoms with Gasteiger partial charge in [-0.25, -0.2) is 12.7 Å². The summed E-state index contributed by atoms with van der Waals surface area (Å²) in [5, 5.41) is 2.81. The van der Waals surface area contributed by atoms with Crippen molar-refractivity contribution in [3.05, 3.63) is 57.6 Å². The van der Waals surface area contributed by atoms with Crippen LogP contribution in [-0.2, 0) is 10.0 Å². The maximum Gasteiger partial charge on any atom is 0.256 e. The number of hydrogen-bond donors (Lipinski definition) is 1. The van der Waals surface area contributed by atoms with Crippen LogP contribution in [0.25, 0.3) is 0 Å². The van der Waals surface area contributed by atoms with Crippen molar-refractivity contribution in [3.8, 4) is 0 Å². The van der Waals surface area contributed by atoms with Gasteiger partial charge in [0, 0.05) is 24.1 Å². The second kappa shape index (κ2) is 7.04. The predicted octanol–water partition coefficient (Wildman–Crippen LogP) is 3.57. The summed E-state index contributed by atoms with van der Waals surface area (Å²) < 4.78 is 26.4. The second-order valence-corrected chi connectivity index (χ2v) is 8.71. The molecule has 0 saturated carbocycles. The number of amides is 1. The van der Waals surface area contributed by atoms with Gasteiger partial charge in [0.25, 0.3) is 5.91 Å². The summed E-state index contributed by atoms with van der Waals surface area (Å²) in [4.78, 5) is 12.7. The molecule has 0 heterocycles. The molecule has 1 N–H and O–H groups in total. The van der Waals surface area contributed by atoms with E-state index in [1.807, 2.05) is 19.1 Å². The van der Waals surface area contributed by atoms with E-state index in [9.17, 15) is 13.2 Å². The zero-order valence-corrected chi connectivity index (χ0v) is 16.3. The molecule has 0 unspecified atom stereocenters. The number of rotatable bonds is 4.